The second kappa shape index (κ2) is 6.55. The lowest BCUT2D eigenvalue weighted by Crippen LogP contribution is -2.11. The molecule has 0 aliphatic rings. The Morgan fingerprint density at radius 1 is 1.16 bits per heavy atom. The fourth-order valence-electron chi connectivity index (χ4n) is 1.64. The molecule has 0 aromatic heterocycles. The maximum atomic E-state index is 12.8. The summed E-state index contributed by atoms with van der Waals surface area (Å²) in [5.41, 5.74) is 1.10. The Hall–Kier alpha value is -1.58. The molecule has 0 saturated carbocycles. The highest BCUT2D eigenvalue weighted by atomic mass is 35.5. The van der Waals surface area contributed by atoms with E-state index in [1.54, 1.807) is 12.1 Å². The van der Waals surface area contributed by atoms with Crippen molar-refractivity contribution in [3.63, 3.8) is 0 Å². The molecule has 100 valence electrons. The highest BCUT2D eigenvalue weighted by molar-refractivity contribution is 6.32. The lowest BCUT2D eigenvalue weighted by molar-refractivity contribution is 0.480. The molecule has 0 saturated heterocycles. The minimum absolute atomic E-state index is 0.292. The van der Waals surface area contributed by atoms with E-state index in [9.17, 15) is 4.39 Å². The smallest absolute Gasteiger partial charge is 0.146 e. The summed E-state index contributed by atoms with van der Waals surface area (Å²) < 4.78 is 18.4. The van der Waals surface area contributed by atoms with Crippen molar-refractivity contribution in [2.24, 2.45) is 0 Å². The average molecular weight is 280 g/mol. The van der Waals surface area contributed by atoms with Crippen molar-refractivity contribution >= 4 is 11.6 Å². The van der Waals surface area contributed by atoms with E-state index in [0.29, 0.717) is 16.5 Å². The summed E-state index contributed by atoms with van der Waals surface area (Å²) in [5.74, 6) is 0.829. The minimum atomic E-state index is -0.292. The molecule has 2 nitrogen and oxygen atoms in total. The summed E-state index contributed by atoms with van der Waals surface area (Å²) in [7, 11) is 0. The maximum Gasteiger partial charge on any atom is 0.146 e. The van der Waals surface area contributed by atoms with Crippen molar-refractivity contribution in [2.45, 2.75) is 13.5 Å². The molecule has 0 heterocycles. The van der Waals surface area contributed by atoms with Gasteiger partial charge in [-0.05, 0) is 48.5 Å². The van der Waals surface area contributed by atoms with Gasteiger partial charge in [-0.3, -0.25) is 0 Å². The van der Waals surface area contributed by atoms with Gasteiger partial charge < -0.3 is 10.1 Å². The molecule has 1 N–H and O–H groups in total. The predicted octanol–water partition coefficient (Wildman–Crippen LogP) is 4.38. The van der Waals surface area contributed by atoms with E-state index in [1.807, 2.05) is 25.1 Å². The number of halogens is 2. The van der Waals surface area contributed by atoms with Crippen LogP contribution >= 0.6 is 11.6 Å². The summed E-state index contributed by atoms with van der Waals surface area (Å²) in [6.07, 6.45) is 0. The Balaban J connectivity index is 2.10. The zero-order chi connectivity index (χ0) is 13.7. The molecule has 19 heavy (non-hydrogen) atoms. The van der Waals surface area contributed by atoms with Crippen molar-refractivity contribution in [3.8, 4) is 11.5 Å². The molecular formula is C15H15ClFNO. The van der Waals surface area contributed by atoms with Crippen LogP contribution < -0.4 is 10.1 Å². The lowest BCUT2D eigenvalue weighted by Gasteiger charge is -2.09. The molecule has 4 heteroatoms. The molecule has 0 spiro atoms. The standard InChI is InChI=1S/C15H15ClFNO/c1-2-18-10-11-3-8-15(14(16)9-11)19-13-6-4-12(17)5-7-13/h3-9,18H,2,10H2,1H3. The van der Waals surface area contributed by atoms with E-state index in [0.717, 1.165) is 18.7 Å². The van der Waals surface area contributed by atoms with Gasteiger partial charge in [0, 0.05) is 6.54 Å². The van der Waals surface area contributed by atoms with Crippen molar-refractivity contribution < 1.29 is 9.13 Å². The van der Waals surface area contributed by atoms with Gasteiger partial charge in [-0.15, -0.1) is 0 Å². The number of benzene rings is 2. The third kappa shape index (κ3) is 3.94. The fraction of sp³-hybridized carbons (Fsp3) is 0.200. The molecule has 0 radical (unpaired) electrons. The van der Waals surface area contributed by atoms with Gasteiger partial charge in [0.15, 0.2) is 0 Å². The summed E-state index contributed by atoms with van der Waals surface area (Å²) in [6.45, 7) is 3.73. The van der Waals surface area contributed by atoms with Gasteiger partial charge in [-0.2, -0.15) is 0 Å². The third-order valence-corrected chi connectivity index (χ3v) is 2.91. The zero-order valence-corrected chi connectivity index (χ0v) is 11.4. The van der Waals surface area contributed by atoms with Crippen molar-refractivity contribution in [1.29, 1.82) is 0 Å². The van der Waals surface area contributed by atoms with Crippen LogP contribution in [0.1, 0.15) is 12.5 Å². The number of ether oxygens (including phenoxy) is 1. The number of hydrogen-bond donors (Lipinski definition) is 1. The van der Waals surface area contributed by atoms with Crippen LogP contribution in [0, 0.1) is 5.82 Å². The second-order valence-corrected chi connectivity index (χ2v) is 4.51. The van der Waals surface area contributed by atoms with E-state index < -0.39 is 0 Å². The topological polar surface area (TPSA) is 21.3 Å². The van der Waals surface area contributed by atoms with E-state index in [1.165, 1.54) is 12.1 Å². The summed E-state index contributed by atoms with van der Waals surface area (Å²) >= 11 is 6.16. The Morgan fingerprint density at radius 3 is 2.53 bits per heavy atom. The third-order valence-electron chi connectivity index (χ3n) is 2.62. The zero-order valence-electron chi connectivity index (χ0n) is 10.6. The van der Waals surface area contributed by atoms with Crippen molar-refractivity contribution in [2.75, 3.05) is 6.54 Å². The van der Waals surface area contributed by atoms with Gasteiger partial charge in [0.1, 0.15) is 17.3 Å². The molecule has 2 rings (SSSR count). The van der Waals surface area contributed by atoms with Crippen LogP contribution in [0.5, 0.6) is 11.5 Å². The Bertz CT molecular complexity index is 542. The minimum Gasteiger partial charge on any atom is -0.456 e. The van der Waals surface area contributed by atoms with Gasteiger partial charge in [0.25, 0.3) is 0 Å². The molecule has 0 aliphatic heterocycles. The molecule has 0 unspecified atom stereocenters. The van der Waals surface area contributed by atoms with Crippen LogP contribution in [0.4, 0.5) is 4.39 Å². The lowest BCUT2D eigenvalue weighted by atomic mass is 10.2. The number of hydrogen-bond acceptors (Lipinski definition) is 2. The maximum absolute atomic E-state index is 12.8. The van der Waals surface area contributed by atoms with Crippen LogP contribution in [0.3, 0.4) is 0 Å². The van der Waals surface area contributed by atoms with Crippen LogP contribution in [0.2, 0.25) is 5.02 Å². The monoisotopic (exact) mass is 279 g/mol. The first-order valence-corrected chi connectivity index (χ1v) is 6.49. The molecule has 0 fully saturated rings. The van der Waals surface area contributed by atoms with Crippen LogP contribution in [-0.4, -0.2) is 6.54 Å². The fourth-order valence-corrected chi connectivity index (χ4v) is 1.88. The van der Waals surface area contributed by atoms with E-state index >= 15 is 0 Å². The van der Waals surface area contributed by atoms with Crippen LogP contribution in [0.15, 0.2) is 42.5 Å². The van der Waals surface area contributed by atoms with E-state index in [2.05, 4.69) is 5.32 Å². The molecule has 2 aromatic carbocycles. The summed E-state index contributed by atoms with van der Waals surface area (Å²) in [5, 5.41) is 3.77. The first kappa shape index (κ1) is 13.8. The predicted molar refractivity (Wildman–Crippen MR) is 75.3 cm³/mol. The second-order valence-electron chi connectivity index (χ2n) is 4.10. The van der Waals surface area contributed by atoms with Gasteiger partial charge >= 0.3 is 0 Å². The van der Waals surface area contributed by atoms with Gasteiger partial charge in [0.2, 0.25) is 0 Å². The van der Waals surface area contributed by atoms with Gasteiger partial charge in [0.05, 0.1) is 5.02 Å². The first-order valence-electron chi connectivity index (χ1n) is 6.11. The molecule has 2 aromatic rings. The largest absolute Gasteiger partial charge is 0.456 e. The Kier molecular flexibility index (Phi) is 4.77. The summed E-state index contributed by atoms with van der Waals surface area (Å²) in [4.78, 5) is 0. The summed E-state index contributed by atoms with van der Waals surface area (Å²) in [6, 6.07) is 11.5. The van der Waals surface area contributed by atoms with Crippen molar-refractivity contribution in [1.82, 2.24) is 5.32 Å². The van der Waals surface area contributed by atoms with Crippen molar-refractivity contribution in [3.05, 3.63) is 58.9 Å². The van der Waals surface area contributed by atoms with E-state index in [-0.39, 0.29) is 5.82 Å². The average Bonchev–Trinajstić information content (AvgIpc) is 2.41. The van der Waals surface area contributed by atoms with Gasteiger partial charge in [-0.25, -0.2) is 4.39 Å². The quantitative estimate of drug-likeness (QED) is 0.877. The SMILES string of the molecule is CCNCc1ccc(Oc2ccc(F)cc2)c(Cl)c1. The van der Waals surface area contributed by atoms with Crippen LogP contribution in [0.25, 0.3) is 0 Å². The molecule has 0 bridgehead atoms. The highest BCUT2D eigenvalue weighted by Crippen LogP contribution is 2.30. The number of rotatable bonds is 5. The Labute approximate surface area is 117 Å². The molecule has 0 aliphatic carbocycles. The molecule has 0 atom stereocenters. The number of nitrogens with one attached hydrogen (secondary N) is 1. The molecular weight excluding hydrogens is 265 g/mol. The van der Waals surface area contributed by atoms with Crippen LogP contribution in [-0.2, 0) is 6.54 Å². The van der Waals surface area contributed by atoms with Gasteiger partial charge in [-0.1, -0.05) is 24.6 Å². The normalized spacial score (nSPS) is 10.5. The highest BCUT2D eigenvalue weighted by Gasteiger charge is 2.04. The Morgan fingerprint density at radius 2 is 1.89 bits per heavy atom. The first-order chi connectivity index (χ1) is 9.19. The molecule has 0 amide bonds. The van der Waals surface area contributed by atoms with E-state index in [4.69, 9.17) is 16.3 Å².